The molecule has 3 aromatic rings. The van der Waals surface area contributed by atoms with Gasteiger partial charge in [0.15, 0.2) is 5.82 Å². The highest BCUT2D eigenvalue weighted by atomic mass is 32.2. The largest absolute Gasteiger partial charge is 0.379 e. The highest BCUT2D eigenvalue weighted by molar-refractivity contribution is 7.99. The van der Waals surface area contributed by atoms with Gasteiger partial charge in [-0.15, -0.1) is 0 Å². The number of rotatable bonds is 6. The molecular weight excluding hydrogens is 465 g/mol. The Balaban J connectivity index is 0.000000421. The molecule has 1 unspecified atom stereocenters. The van der Waals surface area contributed by atoms with Crippen LogP contribution in [0.3, 0.4) is 0 Å². The number of aromatic nitrogens is 3. The molecule has 0 spiro atoms. The number of hydrazone groups is 1. The predicted molar refractivity (Wildman–Crippen MR) is 140 cm³/mol. The lowest BCUT2D eigenvalue weighted by atomic mass is 10.0. The first-order chi connectivity index (χ1) is 17.2. The van der Waals surface area contributed by atoms with E-state index in [1.165, 1.54) is 29.7 Å². The molecular formula is C25H30FN7OS. The molecule has 184 valence electrons. The Labute approximate surface area is 209 Å². The van der Waals surface area contributed by atoms with Gasteiger partial charge in [0, 0.05) is 24.0 Å². The monoisotopic (exact) mass is 495 g/mol. The van der Waals surface area contributed by atoms with Gasteiger partial charge >= 0.3 is 0 Å². The molecule has 4 heterocycles. The summed E-state index contributed by atoms with van der Waals surface area (Å²) in [5, 5.41) is 11.2. The van der Waals surface area contributed by atoms with Crippen molar-refractivity contribution in [1.82, 2.24) is 20.3 Å². The van der Waals surface area contributed by atoms with Gasteiger partial charge in [-0.2, -0.15) is 16.9 Å². The number of nitrogens with one attached hydrogen (secondary N) is 3. The molecule has 2 aliphatic rings. The number of anilines is 3. The molecule has 2 saturated heterocycles. The Kier molecular flexibility index (Phi) is 9.39. The van der Waals surface area contributed by atoms with E-state index in [4.69, 9.17) is 4.74 Å². The molecule has 0 saturated carbocycles. The molecule has 0 bridgehead atoms. The van der Waals surface area contributed by atoms with Crippen molar-refractivity contribution in [2.45, 2.75) is 25.0 Å². The van der Waals surface area contributed by atoms with Gasteiger partial charge in [-0.05, 0) is 60.9 Å². The summed E-state index contributed by atoms with van der Waals surface area (Å²) in [5.41, 5.74) is 8.02. The van der Waals surface area contributed by atoms with E-state index in [2.05, 4.69) is 73.0 Å². The Bertz CT molecular complexity index is 1070. The SMILES string of the molecule is C1COCCN1.Cc1cc(Nc2ccc(/C=N/Nc3ncc(F)cn3)nc2)ccc1C1CCCS1. The van der Waals surface area contributed by atoms with Crippen molar-refractivity contribution < 1.29 is 9.13 Å². The summed E-state index contributed by atoms with van der Waals surface area (Å²) in [6.07, 6.45) is 8.03. The smallest absolute Gasteiger partial charge is 0.243 e. The van der Waals surface area contributed by atoms with Crippen LogP contribution in [0.15, 0.2) is 54.0 Å². The molecule has 2 aliphatic heterocycles. The van der Waals surface area contributed by atoms with Crippen LogP contribution in [0.1, 0.15) is 34.9 Å². The summed E-state index contributed by atoms with van der Waals surface area (Å²) >= 11 is 2.05. The molecule has 1 aromatic carbocycles. The van der Waals surface area contributed by atoms with E-state index < -0.39 is 5.82 Å². The van der Waals surface area contributed by atoms with Gasteiger partial charge in [0.25, 0.3) is 0 Å². The van der Waals surface area contributed by atoms with Crippen molar-refractivity contribution in [3.63, 3.8) is 0 Å². The number of nitrogens with zero attached hydrogens (tertiary/aromatic N) is 4. The zero-order valence-corrected chi connectivity index (χ0v) is 20.5. The van der Waals surface area contributed by atoms with Crippen LogP contribution in [0.2, 0.25) is 0 Å². The second kappa shape index (κ2) is 13.1. The molecule has 5 rings (SSSR count). The highest BCUT2D eigenvalue weighted by Gasteiger charge is 2.19. The number of halogens is 1. The van der Waals surface area contributed by atoms with Crippen molar-refractivity contribution in [3.05, 3.63) is 71.6 Å². The third kappa shape index (κ3) is 7.98. The minimum Gasteiger partial charge on any atom is -0.379 e. The van der Waals surface area contributed by atoms with Crippen molar-refractivity contribution in [2.24, 2.45) is 5.10 Å². The van der Waals surface area contributed by atoms with Crippen molar-refractivity contribution >= 4 is 35.3 Å². The van der Waals surface area contributed by atoms with Crippen molar-refractivity contribution in [3.8, 4) is 0 Å². The fourth-order valence-electron chi connectivity index (χ4n) is 3.70. The van der Waals surface area contributed by atoms with Crippen LogP contribution in [-0.4, -0.2) is 53.2 Å². The van der Waals surface area contributed by atoms with E-state index in [9.17, 15) is 4.39 Å². The number of pyridine rings is 1. The topological polar surface area (TPSA) is 96.3 Å². The third-order valence-corrected chi connectivity index (χ3v) is 6.87. The minimum atomic E-state index is -0.494. The number of hydrogen-bond acceptors (Lipinski definition) is 9. The van der Waals surface area contributed by atoms with E-state index in [-0.39, 0.29) is 5.95 Å². The lowest BCUT2D eigenvalue weighted by molar-refractivity contribution is 0.109. The van der Waals surface area contributed by atoms with Gasteiger partial charge in [-0.1, -0.05) is 6.07 Å². The van der Waals surface area contributed by atoms with Gasteiger partial charge in [0.05, 0.1) is 49.4 Å². The summed E-state index contributed by atoms with van der Waals surface area (Å²) in [6.45, 7) is 6.01. The average Bonchev–Trinajstić information content (AvgIpc) is 3.43. The first-order valence-electron chi connectivity index (χ1n) is 11.7. The normalized spacial score (nSPS) is 17.6. The maximum Gasteiger partial charge on any atom is 0.243 e. The second-order valence-electron chi connectivity index (χ2n) is 8.13. The molecule has 3 N–H and O–H groups in total. The van der Waals surface area contributed by atoms with Crippen LogP contribution < -0.4 is 16.1 Å². The Morgan fingerprint density at radius 1 is 1.09 bits per heavy atom. The van der Waals surface area contributed by atoms with E-state index in [1.54, 1.807) is 12.4 Å². The van der Waals surface area contributed by atoms with Gasteiger partial charge in [0.2, 0.25) is 5.95 Å². The van der Waals surface area contributed by atoms with Crippen LogP contribution in [-0.2, 0) is 4.74 Å². The maximum atomic E-state index is 12.8. The minimum absolute atomic E-state index is 0.218. The van der Waals surface area contributed by atoms with E-state index in [0.717, 1.165) is 50.1 Å². The van der Waals surface area contributed by atoms with E-state index in [1.807, 2.05) is 12.1 Å². The lowest BCUT2D eigenvalue weighted by Crippen LogP contribution is -2.30. The molecule has 0 amide bonds. The average molecular weight is 496 g/mol. The molecule has 1 atom stereocenters. The van der Waals surface area contributed by atoms with Crippen molar-refractivity contribution in [1.29, 1.82) is 0 Å². The van der Waals surface area contributed by atoms with Crippen molar-refractivity contribution in [2.75, 3.05) is 42.8 Å². The highest BCUT2D eigenvalue weighted by Crippen LogP contribution is 2.41. The number of aryl methyl sites for hydroxylation is 1. The fraction of sp³-hybridized carbons (Fsp3) is 0.360. The van der Waals surface area contributed by atoms with Crippen LogP contribution in [0, 0.1) is 12.7 Å². The molecule has 8 nitrogen and oxygen atoms in total. The molecule has 0 aliphatic carbocycles. The van der Waals surface area contributed by atoms with E-state index in [0.29, 0.717) is 10.9 Å². The number of benzene rings is 1. The zero-order chi connectivity index (χ0) is 24.3. The first kappa shape index (κ1) is 25.0. The third-order valence-electron chi connectivity index (χ3n) is 5.45. The molecule has 2 fully saturated rings. The second-order valence-corrected chi connectivity index (χ2v) is 9.44. The van der Waals surface area contributed by atoms with Gasteiger partial charge < -0.3 is 15.4 Å². The summed E-state index contributed by atoms with van der Waals surface area (Å²) < 4.78 is 17.8. The lowest BCUT2D eigenvalue weighted by Gasteiger charge is -2.14. The fourth-order valence-corrected chi connectivity index (χ4v) is 5.10. The zero-order valence-electron chi connectivity index (χ0n) is 19.7. The van der Waals surface area contributed by atoms with Crippen LogP contribution in [0.25, 0.3) is 0 Å². The number of morpholine rings is 1. The summed E-state index contributed by atoms with van der Waals surface area (Å²) in [4.78, 5) is 11.9. The van der Waals surface area contributed by atoms with Gasteiger partial charge in [0.1, 0.15) is 0 Å². The molecule has 2 aromatic heterocycles. The summed E-state index contributed by atoms with van der Waals surface area (Å²) in [5.74, 6) is 0.986. The number of ether oxygens (including phenoxy) is 1. The van der Waals surface area contributed by atoms with Crippen LogP contribution in [0.4, 0.5) is 21.7 Å². The quantitative estimate of drug-likeness (QED) is 0.335. The standard InChI is InChI=1S/C21H21FN6S.C4H9NO/c1-14-9-16(6-7-19(14)20-3-2-8-29-20)27-18-5-4-17(23-12-18)13-26-28-21-24-10-15(22)11-25-21;1-3-6-4-2-5-1/h4-7,9-13,20,27H,2-3,8H2,1H3,(H,24,25,28);5H,1-4H2/b26-13+;. The number of thioether (sulfide) groups is 1. The Hall–Kier alpha value is -3.08. The molecule has 35 heavy (non-hydrogen) atoms. The molecule has 0 radical (unpaired) electrons. The number of hydrogen-bond donors (Lipinski definition) is 3. The Morgan fingerprint density at radius 3 is 2.49 bits per heavy atom. The van der Waals surface area contributed by atoms with Gasteiger partial charge in [-0.3, -0.25) is 4.98 Å². The Morgan fingerprint density at radius 2 is 1.89 bits per heavy atom. The van der Waals surface area contributed by atoms with Gasteiger partial charge in [-0.25, -0.2) is 19.8 Å². The molecule has 10 heteroatoms. The summed E-state index contributed by atoms with van der Waals surface area (Å²) in [6, 6.07) is 10.4. The predicted octanol–water partition coefficient (Wildman–Crippen LogP) is 4.68. The first-order valence-corrected chi connectivity index (χ1v) is 12.7. The summed E-state index contributed by atoms with van der Waals surface area (Å²) in [7, 11) is 0. The van der Waals surface area contributed by atoms with E-state index >= 15 is 0 Å². The van der Waals surface area contributed by atoms with Crippen LogP contribution in [0.5, 0.6) is 0 Å². The van der Waals surface area contributed by atoms with Crippen LogP contribution >= 0.6 is 11.8 Å². The maximum absolute atomic E-state index is 12.8.